The fourth-order valence-electron chi connectivity index (χ4n) is 2.78. The summed E-state index contributed by atoms with van der Waals surface area (Å²) < 4.78 is 0. The zero-order valence-corrected chi connectivity index (χ0v) is 14.4. The maximum atomic E-state index is 10.8. The molecule has 0 aromatic rings. The van der Waals surface area contributed by atoms with Gasteiger partial charge in [0.2, 0.25) is 0 Å². The fraction of sp³-hybridized carbons (Fsp3) is 0.450. The largest absolute Gasteiger partial charge is 0.478 e. The first kappa shape index (κ1) is 18.2. The molecule has 0 atom stereocenters. The van der Waals surface area contributed by atoms with Crippen molar-refractivity contribution in [2.75, 3.05) is 0 Å². The third-order valence-electron chi connectivity index (χ3n) is 4.40. The van der Waals surface area contributed by atoms with Crippen LogP contribution < -0.4 is 0 Å². The maximum Gasteiger partial charge on any atom is 0.331 e. The zero-order valence-electron chi connectivity index (χ0n) is 14.4. The van der Waals surface area contributed by atoms with Gasteiger partial charge in [0.15, 0.2) is 0 Å². The average molecular weight is 300 g/mol. The van der Waals surface area contributed by atoms with Crippen LogP contribution >= 0.6 is 0 Å². The van der Waals surface area contributed by atoms with Crippen molar-refractivity contribution in [1.82, 2.24) is 0 Å². The predicted octanol–water partition coefficient (Wildman–Crippen LogP) is 5.60. The van der Waals surface area contributed by atoms with Gasteiger partial charge in [-0.15, -0.1) is 0 Å². The van der Waals surface area contributed by atoms with E-state index in [0.29, 0.717) is 5.57 Å². The molecule has 0 saturated carbocycles. The van der Waals surface area contributed by atoms with Crippen LogP contribution in [0.25, 0.3) is 0 Å². The van der Waals surface area contributed by atoms with Gasteiger partial charge in [0, 0.05) is 5.57 Å². The lowest BCUT2D eigenvalue weighted by Gasteiger charge is -2.32. The number of hydrogen-bond donors (Lipinski definition) is 1. The van der Waals surface area contributed by atoms with Crippen LogP contribution in [0.2, 0.25) is 0 Å². The van der Waals surface area contributed by atoms with Gasteiger partial charge < -0.3 is 5.11 Å². The molecule has 0 unspecified atom stereocenters. The lowest BCUT2D eigenvalue weighted by Crippen LogP contribution is -2.18. The lowest BCUT2D eigenvalue weighted by molar-refractivity contribution is -0.132. The first-order chi connectivity index (χ1) is 10.3. The van der Waals surface area contributed by atoms with Crippen LogP contribution in [0, 0.1) is 5.41 Å². The Morgan fingerprint density at radius 1 is 1.14 bits per heavy atom. The number of aliphatic carboxylic acids is 1. The van der Waals surface area contributed by atoms with Gasteiger partial charge in [-0.05, 0) is 56.6 Å². The highest BCUT2D eigenvalue weighted by molar-refractivity contribution is 5.87. The molecule has 0 spiro atoms. The van der Waals surface area contributed by atoms with Gasteiger partial charge in [0.05, 0.1) is 0 Å². The molecule has 2 nitrogen and oxygen atoms in total. The maximum absolute atomic E-state index is 10.8. The van der Waals surface area contributed by atoms with E-state index in [0.717, 1.165) is 5.57 Å². The van der Waals surface area contributed by atoms with E-state index in [1.165, 1.54) is 30.4 Å². The summed E-state index contributed by atoms with van der Waals surface area (Å²) >= 11 is 0. The highest BCUT2D eigenvalue weighted by Gasteiger charge is 2.26. The Hall–Kier alpha value is -1.83. The molecule has 2 heteroatoms. The number of rotatable bonds is 5. The van der Waals surface area contributed by atoms with Crippen LogP contribution in [-0.2, 0) is 4.79 Å². The van der Waals surface area contributed by atoms with Gasteiger partial charge in [0.1, 0.15) is 0 Å². The smallest absolute Gasteiger partial charge is 0.331 e. The van der Waals surface area contributed by atoms with E-state index >= 15 is 0 Å². The minimum Gasteiger partial charge on any atom is -0.478 e. The van der Waals surface area contributed by atoms with Crippen LogP contribution in [0.4, 0.5) is 0 Å². The van der Waals surface area contributed by atoms with E-state index < -0.39 is 5.97 Å². The van der Waals surface area contributed by atoms with Crippen molar-refractivity contribution in [2.24, 2.45) is 5.41 Å². The number of carboxylic acids is 1. The molecule has 0 aliphatic heterocycles. The minimum atomic E-state index is -0.868. The van der Waals surface area contributed by atoms with Crippen molar-refractivity contribution in [3.8, 4) is 0 Å². The van der Waals surface area contributed by atoms with Crippen molar-refractivity contribution in [1.29, 1.82) is 0 Å². The standard InChI is InChI=1S/C20H28O2/c1-15(17(3)19(21)22)11-8-6-7-9-13-18-16(2)12-10-14-20(18,4)5/h6-9,11,13H,10,12,14H2,1-5H3,(H,21,22)/b7-6+,11-8+,13-9+,17-15+. The average Bonchev–Trinajstić information content (AvgIpc) is 2.43. The summed E-state index contributed by atoms with van der Waals surface area (Å²) in [6.45, 7) is 10.3. The molecular weight excluding hydrogens is 272 g/mol. The molecule has 0 heterocycles. The number of allylic oxidation sites excluding steroid dienone is 9. The van der Waals surface area contributed by atoms with Crippen molar-refractivity contribution in [3.05, 3.63) is 58.7 Å². The molecule has 0 aromatic heterocycles. The van der Waals surface area contributed by atoms with Gasteiger partial charge in [-0.2, -0.15) is 0 Å². The number of carboxylic acid groups (broad SMARTS) is 1. The van der Waals surface area contributed by atoms with Crippen LogP contribution in [0.3, 0.4) is 0 Å². The Balaban J connectivity index is 2.70. The number of hydrogen-bond acceptors (Lipinski definition) is 1. The molecule has 0 amide bonds. The third kappa shape index (κ3) is 5.18. The Morgan fingerprint density at radius 2 is 1.77 bits per heavy atom. The van der Waals surface area contributed by atoms with Crippen molar-refractivity contribution >= 4 is 5.97 Å². The summed E-state index contributed by atoms with van der Waals surface area (Å²) in [5.41, 5.74) is 4.36. The van der Waals surface area contributed by atoms with E-state index in [-0.39, 0.29) is 5.41 Å². The Morgan fingerprint density at radius 3 is 2.36 bits per heavy atom. The fourth-order valence-corrected chi connectivity index (χ4v) is 2.78. The van der Waals surface area contributed by atoms with Gasteiger partial charge >= 0.3 is 5.97 Å². The topological polar surface area (TPSA) is 37.3 Å². The van der Waals surface area contributed by atoms with Gasteiger partial charge in [-0.3, -0.25) is 0 Å². The molecule has 1 aliphatic carbocycles. The van der Waals surface area contributed by atoms with E-state index in [4.69, 9.17) is 5.11 Å². The van der Waals surface area contributed by atoms with Gasteiger partial charge in [-0.25, -0.2) is 4.79 Å². The zero-order chi connectivity index (χ0) is 16.8. The molecular formula is C20H28O2. The van der Waals surface area contributed by atoms with Crippen molar-refractivity contribution in [2.45, 2.75) is 53.9 Å². The normalized spacial score (nSPS) is 20.2. The molecule has 0 radical (unpaired) electrons. The first-order valence-electron chi connectivity index (χ1n) is 7.88. The summed E-state index contributed by atoms with van der Waals surface area (Å²) in [6, 6.07) is 0. The Kier molecular flexibility index (Phi) is 6.61. The molecule has 0 bridgehead atoms. The highest BCUT2D eigenvalue weighted by atomic mass is 16.4. The first-order valence-corrected chi connectivity index (χ1v) is 7.88. The Bertz CT molecular complexity index is 567. The van der Waals surface area contributed by atoms with Crippen LogP contribution in [0.15, 0.2) is 58.7 Å². The highest BCUT2D eigenvalue weighted by Crippen LogP contribution is 2.40. The van der Waals surface area contributed by atoms with Crippen molar-refractivity contribution < 1.29 is 9.90 Å². The molecule has 120 valence electrons. The second-order valence-corrected chi connectivity index (χ2v) is 6.65. The Labute approximate surface area is 134 Å². The van der Waals surface area contributed by atoms with Crippen molar-refractivity contribution in [3.63, 3.8) is 0 Å². The van der Waals surface area contributed by atoms with Gasteiger partial charge in [0.25, 0.3) is 0 Å². The second-order valence-electron chi connectivity index (χ2n) is 6.65. The second kappa shape index (κ2) is 7.98. The molecule has 1 aliphatic rings. The SMILES string of the molecule is CC1=C(/C=C/C=C/C=C/C(C)=C(\C)C(=O)O)C(C)(C)CCC1. The summed E-state index contributed by atoms with van der Waals surface area (Å²) in [6.07, 6.45) is 15.6. The molecule has 0 fully saturated rings. The number of carbonyl (C=O) groups is 1. The molecule has 0 saturated heterocycles. The van der Waals surface area contributed by atoms with Crippen LogP contribution in [0.1, 0.15) is 53.9 Å². The molecule has 1 rings (SSSR count). The van der Waals surface area contributed by atoms with Crippen LogP contribution in [0.5, 0.6) is 0 Å². The predicted molar refractivity (Wildman–Crippen MR) is 93.8 cm³/mol. The molecule has 22 heavy (non-hydrogen) atoms. The molecule has 1 N–H and O–H groups in total. The summed E-state index contributed by atoms with van der Waals surface area (Å²) in [5, 5.41) is 8.89. The summed E-state index contributed by atoms with van der Waals surface area (Å²) in [7, 11) is 0. The molecule has 0 aromatic carbocycles. The summed E-state index contributed by atoms with van der Waals surface area (Å²) in [4.78, 5) is 10.8. The van der Waals surface area contributed by atoms with E-state index in [1.54, 1.807) is 6.92 Å². The third-order valence-corrected chi connectivity index (χ3v) is 4.40. The van der Waals surface area contributed by atoms with E-state index in [9.17, 15) is 4.79 Å². The van der Waals surface area contributed by atoms with E-state index in [2.05, 4.69) is 32.9 Å². The minimum absolute atomic E-state index is 0.264. The lowest BCUT2D eigenvalue weighted by atomic mass is 9.73. The quantitative estimate of drug-likeness (QED) is 0.530. The summed E-state index contributed by atoms with van der Waals surface area (Å²) in [5.74, 6) is -0.868. The van der Waals surface area contributed by atoms with Crippen LogP contribution in [-0.4, -0.2) is 11.1 Å². The van der Waals surface area contributed by atoms with Gasteiger partial charge in [-0.1, -0.05) is 55.9 Å². The van der Waals surface area contributed by atoms with E-state index in [1.807, 2.05) is 31.2 Å². The monoisotopic (exact) mass is 300 g/mol.